The van der Waals surface area contributed by atoms with Gasteiger partial charge in [-0.2, -0.15) is 7.05 Å². The van der Waals surface area contributed by atoms with Gasteiger partial charge in [0.05, 0.1) is 13.1 Å². The molecule has 0 amide bonds. The van der Waals surface area contributed by atoms with Crippen LogP contribution in [-0.4, -0.2) is 39.5 Å². The van der Waals surface area contributed by atoms with Crippen LogP contribution in [0.15, 0.2) is 0 Å². The molecule has 1 rings (SSSR count). The van der Waals surface area contributed by atoms with E-state index in [1.807, 2.05) is 0 Å². The SMILES string of the molecule is [CH2-][NH+]1CCCC(OCCCOC)C1. The third-order valence-electron chi connectivity index (χ3n) is 2.42. The Labute approximate surface area is 81.0 Å². The molecular formula is C10H21NO2. The van der Waals surface area contributed by atoms with Gasteiger partial charge in [0, 0.05) is 20.3 Å². The van der Waals surface area contributed by atoms with Crippen LogP contribution in [0.1, 0.15) is 19.3 Å². The Kier molecular flexibility index (Phi) is 5.35. The van der Waals surface area contributed by atoms with Crippen LogP contribution in [0.2, 0.25) is 0 Å². The maximum absolute atomic E-state index is 5.71. The highest BCUT2D eigenvalue weighted by Crippen LogP contribution is 2.03. The second-order valence-electron chi connectivity index (χ2n) is 3.69. The average molecular weight is 187 g/mol. The summed E-state index contributed by atoms with van der Waals surface area (Å²) in [5, 5.41) is 0. The highest BCUT2D eigenvalue weighted by Gasteiger charge is 2.17. The standard InChI is InChI=1S/C10H21NO2/c1-11-6-3-5-10(9-11)13-8-4-7-12-2/h10-11H,1,3-9H2,2H3. The molecule has 1 fully saturated rings. The lowest BCUT2D eigenvalue weighted by molar-refractivity contribution is -0.863. The topological polar surface area (TPSA) is 22.9 Å². The number of ether oxygens (including phenoxy) is 2. The van der Waals surface area contributed by atoms with E-state index in [1.165, 1.54) is 24.3 Å². The number of likely N-dealkylation sites (tertiary alicyclic amines) is 1. The number of hydrogen-bond donors (Lipinski definition) is 1. The van der Waals surface area contributed by atoms with E-state index in [0.29, 0.717) is 6.10 Å². The van der Waals surface area contributed by atoms with E-state index in [1.54, 1.807) is 7.11 Å². The van der Waals surface area contributed by atoms with E-state index in [0.717, 1.165) is 26.2 Å². The first-order valence-electron chi connectivity index (χ1n) is 5.10. The molecule has 0 aromatic carbocycles. The van der Waals surface area contributed by atoms with Gasteiger partial charge in [0.15, 0.2) is 0 Å². The highest BCUT2D eigenvalue weighted by atomic mass is 16.5. The van der Waals surface area contributed by atoms with E-state index in [2.05, 4.69) is 7.05 Å². The summed E-state index contributed by atoms with van der Waals surface area (Å²) in [6, 6.07) is 0. The Morgan fingerprint density at radius 2 is 2.31 bits per heavy atom. The Morgan fingerprint density at radius 1 is 1.46 bits per heavy atom. The van der Waals surface area contributed by atoms with Crippen LogP contribution in [0.3, 0.4) is 0 Å². The van der Waals surface area contributed by atoms with Gasteiger partial charge in [0.25, 0.3) is 0 Å². The van der Waals surface area contributed by atoms with Crippen molar-refractivity contribution < 1.29 is 14.4 Å². The summed E-state index contributed by atoms with van der Waals surface area (Å²) in [5.74, 6) is 0. The Hall–Kier alpha value is -0.120. The fraction of sp³-hybridized carbons (Fsp3) is 0.900. The molecule has 3 nitrogen and oxygen atoms in total. The van der Waals surface area contributed by atoms with Crippen LogP contribution in [0.5, 0.6) is 0 Å². The molecule has 1 saturated heterocycles. The third-order valence-corrected chi connectivity index (χ3v) is 2.42. The van der Waals surface area contributed by atoms with Crippen molar-refractivity contribution >= 4 is 0 Å². The van der Waals surface area contributed by atoms with Crippen LogP contribution in [0.25, 0.3) is 0 Å². The van der Waals surface area contributed by atoms with Gasteiger partial charge in [-0.15, -0.1) is 0 Å². The van der Waals surface area contributed by atoms with Gasteiger partial charge in [0.1, 0.15) is 6.10 Å². The van der Waals surface area contributed by atoms with Crippen molar-refractivity contribution in [3.63, 3.8) is 0 Å². The molecular weight excluding hydrogens is 166 g/mol. The monoisotopic (exact) mass is 187 g/mol. The number of hydrogen-bond acceptors (Lipinski definition) is 2. The summed E-state index contributed by atoms with van der Waals surface area (Å²) < 4.78 is 10.7. The predicted octanol–water partition coefficient (Wildman–Crippen LogP) is -0.122. The Bertz CT molecular complexity index is 130. The molecule has 0 aromatic heterocycles. The van der Waals surface area contributed by atoms with E-state index >= 15 is 0 Å². The van der Waals surface area contributed by atoms with Crippen LogP contribution in [0.4, 0.5) is 0 Å². The number of methoxy groups -OCH3 is 1. The van der Waals surface area contributed by atoms with Crippen molar-refractivity contribution in [2.75, 3.05) is 33.4 Å². The van der Waals surface area contributed by atoms with Crippen molar-refractivity contribution in [1.29, 1.82) is 0 Å². The van der Waals surface area contributed by atoms with Crippen molar-refractivity contribution in [2.45, 2.75) is 25.4 Å². The maximum atomic E-state index is 5.71. The lowest BCUT2D eigenvalue weighted by atomic mass is 10.1. The van der Waals surface area contributed by atoms with Gasteiger partial charge in [-0.25, -0.2) is 0 Å². The molecule has 0 saturated carbocycles. The van der Waals surface area contributed by atoms with Gasteiger partial charge in [-0.3, -0.25) is 0 Å². The number of rotatable bonds is 5. The summed E-state index contributed by atoms with van der Waals surface area (Å²) in [7, 11) is 5.73. The smallest absolute Gasteiger partial charge is 0.104 e. The van der Waals surface area contributed by atoms with E-state index in [9.17, 15) is 0 Å². The molecule has 78 valence electrons. The van der Waals surface area contributed by atoms with Gasteiger partial charge in [0.2, 0.25) is 0 Å². The molecule has 1 heterocycles. The maximum Gasteiger partial charge on any atom is 0.104 e. The summed E-state index contributed by atoms with van der Waals surface area (Å²) >= 11 is 0. The van der Waals surface area contributed by atoms with Gasteiger partial charge in [-0.05, 0) is 19.3 Å². The molecule has 0 spiro atoms. The first kappa shape index (κ1) is 11.0. The van der Waals surface area contributed by atoms with Crippen LogP contribution >= 0.6 is 0 Å². The highest BCUT2D eigenvalue weighted by molar-refractivity contribution is 4.60. The zero-order valence-corrected chi connectivity index (χ0v) is 8.55. The molecule has 13 heavy (non-hydrogen) atoms. The second-order valence-corrected chi connectivity index (χ2v) is 3.69. The predicted molar refractivity (Wildman–Crippen MR) is 51.5 cm³/mol. The van der Waals surface area contributed by atoms with Crippen LogP contribution in [-0.2, 0) is 9.47 Å². The van der Waals surface area contributed by atoms with Gasteiger partial charge in [-0.1, -0.05) is 0 Å². The molecule has 1 aliphatic heterocycles. The molecule has 1 N–H and O–H groups in total. The van der Waals surface area contributed by atoms with Gasteiger partial charge < -0.3 is 14.4 Å². The zero-order valence-electron chi connectivity index (χ0n) is 8.55. The number of piperidine rings is 1. The quantitative estimate of drug-likeness (QED) is 0.479. The fourth-order valence-electron chi connectivity index (χ4n) is 1.70. The van der Waals surface area contributed by atoms with Crippen molar-refractivity contribution in [3.05, 3.63) is 7.05 Å². The molecule has 0 aromatic rings. The molecule has 0 bridgehead atoms. The minimum Gasteiger partial charge on any atom is -0.466 e. The molecule has 2 unspecified atom stereocenters. The van der Waals surface area contributed by atoms with E-state index in [-0.39, 0.29) is 0 Å². The van der Waals surface area contributed by atoms with E-state index in [4.69, 9.17) is 9.47 Å². The molecule has 3 heteroatoms. The first-order valence-corrected chi connectivity index (χ1v) is 5.10. The normalized spacial score (nSPS) is 29.1. The summed E-state index contributed by atoms with van der Waals surface area (Å²) in [6.45, 7) is 3.88. The van der Waals surface area contributed by atoms with E-state index < -0.39 is 0 Å². The zero-order chi connectivity index (χ0) is 9.52. The third kappa shape index (κ3) is 4.60. The summed E-state index contributed by atoms with van der Waals surface area (Å²) in [5.41, 5.74) is 0. The van der Waals surface area contributed by atoms with Crippen molar-refractivity contribution in [1.82, 2.24) is 0 Å². The van der Waals surface area contributed by atoms with Crippen molar-refractivity contribution in [3.8, 4) is 0 Å². The van der Waals surface area contributed by atoms with Crippen LogP contribution < -0.4 is 4.90 Å². The number of nitrogens with one attached hydrogen (secondary N) is 1. The first-order chi connectivity index (χ1) is 6.33. The lowest BCUT2D eigenvalue weighted by Gasteiger charge is -2.31. The minimum absolute atomic E-state index is 0.429. The van der Waals surface area contributed by atoms with Crippen LogP contribution in [0, 0.1) is 7.05 Å². The molecule has 0 aliphatic carbocycles. The molecule has 2 atom stereocenters. The second kappa shape index (κ2) is 6.35. The molecule has 0 radical (unpaired) electrons. The Balaban J connectivity index is 2.00. The minimum atomic E-state index is 0.429. The average Bonchev–Trinajstić information content (AvgIpc) is 2.13. The lowest BCUT2D eigenvalue weighted by Crippen LogP contribution is -3.09. The largest absolute Gasteiger partial charge is 0.466 e. The Morgan fingerprint density at radius 3 is 3.00 bits per heavy atom. The van der Waals surface area contributed by atoms with Gasteiger partial charge >= 0.3 is 0 Å². The van der Waals surface area contributed by atoms with Crippen molar-refractivity contribution in [2.24, 2.45) is 0 Å². The molecule has 1 aliphatic rings. The fourth-order valence-corrected chi connectivity index (χ4v) is 1.70. The summed E-state index contributed by atoms with van der Waals surface area (Å²) in [4.78, 5) is 1.35. The number of quaternary nitrogens is 1. The summed E-state index contributed by atoms with van der Waals surface area (Å²) in [6.07, 6.45) is 3.87.